The van der Waals surface area contributed by atoms with Crippen molar-refractivity contribution in [2.45, 2.75) is 62.1 Å². The minimum atomic E-state index is -0.384. The molecule has 0 radical (unpaired) electrons. The summed E-state index contributed by atoms with van der Waals surface area (Å²) in [5.41, 5.74) is 2.88. The number of esters is 1. The highest BCUT2D eigenvalue weighted by Crippen LogP contribution is 2.54. The van der Waals surface area contributed by atoms with Crippen molar-refractivity contribution in [3.8, 4) is 0 Å². The molecule has 2 unspecified atom stereocenters. The number of hydrogen-bond acceptors (Lipinski definition) is 7. The molecule has 2 aliphatic rings. The van der Waals surface area contributed by atoms with Gasteiger partial charge in [0.2, 0.25) is 5.91 Å². The van der Waals surface area contributed by atoms with E-state index in [1.165, 1.54) is 40.6 Å². The largest absolute Gasteiger partial charge is 0.465 e. The van der Waals surface area contributed by atoms with E-state index < -0.39 is 0 Å². The molecule has 2 aromatic heterocycles. The molecule has 2 heterocycles. The van der Waals surface area contributed by atoms with Gasteiger partial charge >= 0.3 is 5.97 Å². The lowest BCUT2D eigenvalue weighted by Crippen LogP contribution is -2.17. The van der Waals surface area contributed by atoms with Gasteiger partial charge < -0.3 is 14.6 Å². The Labute approximate surface area is 219 Å². The predicted molar refractivity (Wildman–Crippen MR) is 143 cm³/mol. The molecular weight excluding hydrogens is 492 g/mol. The first kappa shape index (κ1) is 24.8. The number of rotatable bonds is 9. The number of allylic oxidation sites excluding steroid dienone is 1. The number of thiophene rings is 1. The Morgan fingerprint density at radius 2 is 2.00 bits per heavy atom. The van der Waals surface area contributed by atoms with E-state index in [1.807, 2.05) is 12.1 Å². The molecular formula is C27H30N4O3S2. The lowest BCUT2D eigenvalue weighted by Gasteiger charge is -2.09. The highest BCUT2D eigenvalue weighted by molar-refractivity contribution is 7.99. The van der Waals surface area contributed by atoms with Crippen LogP contribution in [0.1, 0.15) is 69.7 Å². The molecule has 188 valence electrons. The molecule has 0 saturated heterocycles. The van der Waals surface area contributed by atoms with Gasteiger partial charge in [0.05, 0.1) is 18.4 Å². The smallest absolute Gasteiger partial charge is 0.341 e. The van der Waals surface area contributed by atoms with Crippen LogP contribution in [-0.2, 0) is 28.9 Å². The molecule has 1 aromatic carbocycles. The lowest BCUT2D eigenvalue weighted by molar-refractivity contribution is -0.113. The highest BCUT2D eigenvalue weighted by atomic mass is 32.2. The van der Waals surface area contributed by atoms with Crippen LogP contribution in [0.2, 0.25) is 0 Å². The van der Waals surface area contributed by atoms with Crippen LogP contribution >= 0.6 is 23.1 Å². The number of anilines is 1. The summed E-state index contributed by atoms with van der Waals surface area (Å²) in [6, 6.07) is 10.5. The monoisotopic (exact) mass is 522 g/mol. The van der Waals surface area contributed by atoms with Crippen LogP contribution in [0.15, 0.2) is 48.1 Å². The number of amides is 1. The van der Waals surface area contributed by atoms with Gasteiger partial charge in [-0.05, 0) is 49.1 Å². The van der Waals surface area contributed by atoms with Crippen LogP contribution in [0.5, 0.6) is 0 Å². The van der Waals surface area contributed by atoms with Crippen LogP contribution in [-0.4, -0.2) is 39.5 Å². The van der Waals surface area contributed by atoms with Gasteiger partial charge in [-0.1, -0.05) is 54.6 Å². The minimum absolute atomic E-state index is 0.172. The normalized spacial score (nSPS) is 18.7. The third kappa shape index (κ3) is 5.13. The Morgan fingerprint density at radius 1 is 1.19 bits per heavy atom. The molecule has 1 amide bonds. The number of aromatic nitrogens is 3. The molecule has 5 rings (SSSR count). The van der Waals surface area contributed by atoms with Crippen molar-refractivity contribution in [2.24, 2.45) is 0 Å². The van der Waals surface area contributed by atoms with Gasteiger partial charge in [-0.2, -0.15) is 0 Å². The van der Waals surface area contributed by atoms with Crippen molar-refractivity contribution in [3.05, 3.63) is 70.4 Å². The van der Waals surface area contributed by atoms with Gasteiger partial charge in [-0.15, -0.1) is 28.1 Å². The standard InChI is InChI=1S/C27H30N4O3S2/c1-3-14-31-24(20-15-19(20)17-10-6-4-7-11-17)29-30-27(31)35-16-22(32)28-25-23(26(33)34-2)18-12-8-5-9-13-21(18)36-25/h3-4,6-7,10-11,19-20H,1,5,8-9,12-16H2,2H3,(H,28,32). The second kappa shape index (κ2) is 11.0. The molecule has 1 saturated carbocycles. The number of nitrogens with zero attached hydrogens (tertiary/aromatic N) is 3. The first-order valence-electron chi connectivity index (χ1n) is 12.3. The summed E-state index contributed by atoms with van der Waals surface area (Å²) in [5, 5.41) is 13.2. The Morgan fingerprint density at radius 3 is 2.78 bits per heavy atom. The number of carbonyl (C=O) groups is 2. The van der Waals surface area contributed by atoms with Crippen molar-refractivity contribution >= 4 is 40.0 Å². The fraction of sp³-hybridized carbons (Fsp3) is 0.407. The molecule has 9 heteroatoms. The molecule has 7 nitrogen and oxygen atoms in total. The quantitative estimate of drug-likeness (QED) is 0.171. The van der Waals surface area contributed by atoms with Crippen LogP contribution in [0, 0.1) is 0 Å². The zero-order chi connectivity index (χ0) is 25.1. The van der Waals surface area contributed by atoms with Crippen molar-refractivity contribution in [1.82, 2.24) is 14.8 Å². The molecule has 1 N–H and O–H groups in total. The summed E-state index contributed by atoms with van der Waals surface area (Å²) in [6.45, 7) is 4.48. The summed E-state index contributed by atoms with van der Waals surface area (Å²) >= 11 is 2.86. The van der Waals surface area contributed by atoms with Crippen molar-refractivity contribution in [3.63, 3.8) is 0 Å². The number of ether oxygens (including phenoxy) is 1. The summed E-state index contributed by atoms with van der Waals surface area (Å²) in [4.78, 5) is 26.7. The van der Waals surface area contributed by atoms with Crippen molar-refractivity contribution < 1.29 is 14.3 Å². The third-order valence-corrected chi connectivity index (χ3v) is 8.98. The predicted octanol–water partition coefficient (Wildman–Crippen LogP) is 5.58. The zero-order valence-corrected chi connectivity index (χ0v) is 22.0. The maximum Gasteiger partial charge on any atom is 0.341 e. The molecule has 1 fully saturated rings. The molecule has 0 aliphatic heterocycles. The van der Waals surface area contributed by atoms with Gasteiger partial charge in [0.15, 0.2) is 5.16 Å². The van der Waals surface area contributed by atoms with Crippen LogP contribution in [0.3, 0.4) is 0 Å². The topological polar surface area (TPSA) is 86.1 Å². The van der Waals surface area contributed by atoms with E-state index >= 15 is 0 Å². The number of fused-ring (bicyclic) bond motifs is 1. The highest BCUT2D eigenvalue weighted by Gasteiger charge is 2.43. The molecule has 0 bridgehead atoms. The van der Waals surface area contributed by atoms with Crippen molar-refractivity contribution in [2.75, 3.05) is 18.2 Å². The molecule has 2 atom stereocenters. The van der Waals surface area contributed by atoms with E-state index in [1.54, 1.807) is 0 Å². The second-order valence-corrected chi connectivity index (χ2v) is 11.2. The Hall–Kier alpha value is -2.91. The molecule has 0 spiro atoms. The number of carbonyl (C=O) groups excluding carboxylic acids is 2. The van der Waals surface area contributed by atoms with Crippen LogP contribution in [0.4, 0.5) is 5.00 Å². The number of aryl methyl sites for hydroxylation is 1. The fourth-order valence-corrected chi connectivity index (χ4v) is 7.02. The lowest BCUT2D eigenvalue weighted by atomic mass is 10.1. The van der Waals surface area contributed by atoms with Crippen LogP contribution < -0.4 is 5.32 Å². The Kier molecular flexibility index (Phi) is 7.57. The van der Waals surface area contributed by atoms with Gasteiger partial charge in [0.1, 0.15) is 10.8 Å². The van der Waals surface area contributed by atoms with Gasteiger partial charge in [0, 0.05) is 17.3 Å². The minimum Gasteiger partial charge on any atom is -0.465 e. The SMILES string of the molecule is C=CCn1c(SCC(=O)Nc2sc3c(c2C(=O)OC)CCCCC3)nnc1C1CC1c1ccccc1. The first-order valence-corrected chi connectivity index (χ1v) is 14.1. The molecule has 2 aliphatic carbocycles. The number of nitrogens with one attached hydrogen (secondary N) is 1. The van der Waals surface area contributed by atoms with Crippen molar-refractivity contribution in [1.29, 1.82) is 0 Å². The van der Waals surface area contributed by atoms with Crippen LogP contribution in [0.25, 0.3) is 0 Å². The Bertz CT molecular complexity index is 1270. The maximum atomic E-state index is 12.9. The summed E-state index contributed by atoms with van der Waals surface area (Å²) in [6.07, 6.45) is 7.96. The number of hydrogen-bond donors (Lipinski definition) is 1. The average Bonchev–Trinajstić information content (AvgIpc) is 3.55. The summed E-state index contributed by atoms with van der Waals surface area (Å²) in [7, 11) is 1.39. The van der Waals surface area contributed by atoms with Gasteiger partial charge in [0.25, 0.3) is 0 Å². The molecule has 36 heavy (non-hydrogen) atoms. The van der Waals surface area contributed by atoms with E-state index in [0.29, 0.717) is 34.1 Å². The molecule has 3 aromatic rings. The van der Waals surface area contributed by atoms with E-state index in [2.05, 4.69) is 50.9 Å². The van der Waals surface area contributed by atoms with E-state index in [9.17, 15) is 9.59 Å². The number of benzene rings is 1. The first-order chi connectivity index (χ1) is 17.6. The van der Waals surface area contributed by atoms with Gasteiger partial charge in [-0.3, -0.25) is 4.79 Å². The second-order valence-electron chi connectivity index (χ2n) is 9.20. The number of methoxy groups -OCH3 is 1. The summed E-state index contributed by atoms with van der Waals surface area (Å²) < 4.78 is 7.11. The Balaban J connectivity index is 1.28. The maximum absolute atomic E-state index is 12.9. The zero-order valence-electron chi connectivity index (χ0n) is 20.4. The number of thioether (sulfide) groups is 1. The van der Waals surface area contributed by atoms with Gasteiger partial charge in [-0.25, -0.2) is 4.79 Å². The third-order valence-electron chi connectivity index (χ3n) is 6.80. The summed E-state index contributed by atoms with van der Waals surface area (Å²) in [5.74, 6) is 1.33. The van der Waals surface area contributed by atoms with E-state index in [4.69, 9.17) is 4.74 Å². The van der Waals surface area contributed by atoms with E-state index in [0.717, 1.165) is 49.9 Å². The fourth-order valence-electron chi connectivity index (χ4n) is 4.97. The average molecular weight is 523 g/mol. The van der Waals surface area contributed by atoms with E-state index in [-0.39, 0.29) is 17.6 Å².